The molecule has 0 saturated carbocycles. The summed E-state index contributed by atoms with van der Waals surface area (Å²) in [6, 6.07) is 6.73. The Balaban J connectivity index is 2.40. The van der Waals surface area contributed by atoms with Gasteiger partial charge in [0.15, 0.2) is 0 Å². The number of furan rings is 1. The van der Waals surface area contributed by atoms with Crippen molar-refractivity contribution < 1.29 is 19.1 Å². The van der Waals surface area contributed by atoms with Crippen molar-refractivity contribution in [1.29, 1.82) is 0 Å². The molecular weight excluding hydrogens is 234 g/mol. The largest absolute Gasteiger partial charge is 0.481 e. The number of carboxylic acid groups (broad SMARTS) is 1. The van der Waals surface area contributed by atoms with Gasteiger partial charge in [-0.05, 0) is 6.07 Å². The van der Waals surface area contributed by atoms with Crippen molar-refractivity contribution in [2.45, 2.75) is 19.4 Å². The smallest absolute Gasteiger partial charge is 0.305 e. The topological polar surface area (TPSA) is 79.5 Å². The van der Waals surface area contributed by atoms with Crippen molar-refractivity contribution in [3.63, 3.8) is 0 Å². The molecule has 1 aromatic heterocycles. The number of rotatable bonds is 4. The molecule has 0 aliphatic rings. The number of fused-ring (bicyclic) bond motifs is 1. The van der Waals surface area contributed by atoms with Gasteiger partial charge in [-0.2, -0.15) is 0 Å². The van der Waals surface area contributed by atoms with E-state index in [9.17, 15) is 9.59 Å². The van der Waals surface area contributed by atoms with Gasteiger partial charge >= 0.3 is 5.97 Å². The predicted octanol–water partition coefficient (Wildman–Crippen LogP) is 2.08. The maximum absolute atomic E-state index is 11.1. The number of carbonyl (C=O) groups excluding carboxylic acids is 1. The van der Waals surface area contributed by atoms with Crippen LogP contribution in [0.4, 0.5) is 0 Å². The van der Waals surface area contributed by atoms with Gasteiger partial charge in [-0.3, -0.25) is 9.59 Å². The SMILES string of the molecule is CC(=O)N[C@H](CC(=O)O)c1coc2ccccc12. The highest BCUT2D eigenvalue weighted by molar-refractivity contribution is 5.83. The number of nitrogens with one attached hydrogen (secondary N) is 1. The lowest BCUT2D eigenvalue weighted by atomic mass is 10.0. The molecule has 1 atom stereocenters. The summed E-state index contributed by atoms with van der Waals surface area (Å²) >= 11 is 0. The average Bonchev–Trinajstić information content (AvgIpc) is 2.70. The number of benzene rings is 1. The number of hydrogen-bond donors (Lipinski definition) is 2. The second-order valence-corrected chi connectivity index (χ2v) is 4.04. The van der Waals surface area contributed by atoms with Crippen LogP contribution in [0.25, 0.3) is 11.0 Å². The Morgan fingerprint density at radius 1 is 1.39 bits per heavy atom. The molecule has 1 heterocycles. The van der Waals surface area contributed by atoms with E-state index in [1.165, 1.54) is 13.2 Å². The molecule has 94 valence electrons. The van der Waals surface area contributed by atoms with E-state index in [-0.39, 0.29) is 12.3 Å². The summed E-state index contributed by atoms with van der Waals surface area (Å²) in [7, 11) is 0. The third-order valence-corrected chi connectivity index (χ3v) is 2.64. The summed E-state index contributed by atoms with van der Waals surface area (Å²) in [5.74, 6) is -1.24. The number of carboxylic acids is 1. The maximum Gasteiger partial charge on any atom is 0.305 e. The molecule has 0 bridgehead atoms. The van der Waals surface area contributed by atoms with Gasteiger partial charge in [0, 0.05) is 17.9 Å². The fourth-order valence-electron chi connectivity index (χ4n) is 1.93. The second kappa shape index (κ2) is 4.91. The number of hydrogen-bond acceptors (Lipinski definition) is 3. The van der Waals surface area contributed by atoms with E-state index in [4.69, 9.17) is 9.52 Å². The summed E-state index contributed by atoms with van der Waals surface area (Å²) in [5, 5.41) is 12.3. The molecule has 1 aromatic carbocycles. The molecule has 18 heavy (non-hydrogen) atoms. The molecule has 0 aliphatic heterocycles. The molecule has 2 N–H and O–H groups in total. The molecule has 0 unspecified atom stereocenters. The Labute approximate surface area is 103 Å². The van der Waals surface area contributed by atoms with Crippen molar-refractivity contribution in [3.05, 3.63) is 36.1 Å². The van der Waals surface area contributed by atoms with Crippen LogP contribution in [0.3, 0.4) is 0 Å². The van der Waals surface area contributed by atoms with Gasteiger partial charge in [-0.25, -0.2) is 0 Å². The van der Waals surface area contributed by atoms with Crippen LogP contribution in [0, 0.1) is 0 Å². The van der Waals surface area contributed by atoms with Crippen LogP contribution in [0.15, 0.2) is 34.9 Å². The van der Waals surface area contributed by atoms with Crippen LogP contribution in [0.5, 0.6) is 0 Å². The molecule has 1 amide bonds. The summed E-state index contributed by atoms with van der Waals surface area (Å²) in [4.78, 5) is 22.0. The Hall–Kier alpha value is -2.30. The molecule has 5 nitrogen and oxygen atoms in total. The van der Waals surface area contributed by atoms with Gasteiger partial charge in [0.2, 0.25) is 5.91 Å². The molecule has 2 aromatic rings. The summed E-state index contributed by atoms with van der Waals surface area (Å²) in [6.07, 6.45) is 1.32. The van der Waals surface area contributed by atoms with Crippen LogP contribution in [-0.4, -0.2) is 17.0 Å². The van der Waals surface area contributed by atoms with Gasteiger partial charge in [0.05, 0.1) is 18.7 Å². The van der Waals surface area contributed by atoms with Gasteiger partial charge in [-0.15, -0.1) is 0 Å². The fourth-order valence-corrected chi connectivity index (χ4v) is 1.93. The normalized spacial score (nSPS) is 12.3. The van der Waals surface area contributed by atoms with Crippen LogP contribution in [0.1, 0.15) is 24.9 Å². The highest BCUT2D eigenvalue weighted by Crippen LogP contribution is 2.28. The van der Waals surface area contributed by atoms with E-state index in [0.717, 1.165) is 5.39 Å². The van der Waals surface area contributed by atoms with Gasteiger partial charge in [-0.1, -0.05) is 18.2 Å². The van der Waals surface area contributed by atoms with Crippen LogP contribution in [-0.2, 0) is 9.59 Å². The standard InChI is InChI=1S/C13H13NO4/c1-8(15)14-11(6-13(16)17)10-7-18-12-5-3-2-4-9(10)12/h2-5,7,11H,6H2,1H3,(H,14,15)(H,16,17)/t11-/m1/s1. The van der Waals surface area contributed by atoms with Crippen molar-refractivity contribution in [3.8, 4) is 0 Å². The minimum absolute atomic E-state index is 0.177. The third-order valence-electron chi connectivity index (χ3n) is 2.64. The zero-order valence-electron chi connectivity index (χ0n) is 9.84. The molecule has 0 saturated heterocycles. The van der Waals surface area contributed by atoms with Crippen LogP contribution < -0.4 is 5.32 Å². The van der Waals surface area contributed by atoms with Crippen LogP contribution >= 0.6 is 0 Å². The third kappa shape index (κ3) is 2.51. The maximum atomic E-state index is 11.1. The monoisotopic (exact) mass is 247 g/mol. The first-order valence-electron chi connectivity index (χ1n) is 5.53. The first-order chi connectivity index (χ1) is 8.58. The van der Waals surface area contributed by atoms with E-state index in [1.807, 2.05) is 18.2 Å². The summed E-state index contributed by atoms with van der Waals surface area (Å²) in [6.45, 7) is 1.36. The molecule has 0 radical (unpaired) electrons. The van der Waals surface area contributed by atoms with E-state index in [0.29, 0.717) is 11.1 Å². The minimum Gasteiger partial charge on any atom is -0.481 e. The Morgan fingerprint density at radius 2 is 2.11 bits per heavy atom. The molecule has 5 heteroatoms. The first-order valence-corrected chi connectivity index (χ1v) is 5.53. The average molecular weight is 247 g/mol. The van der Waals surface area contributed by atoms with Crippen molar-refractivity contribution in [2.24, 2.45) is 0 Å². The number of para-hydroxylation sites is 1. The van der Waals surface area contributed by atoms with E-state index >= 15 is 0 Å². The quantitative estimate of drug-likeness (QED) is 0.866. The molecule has 0 spiro atoms. The van der Waals surface area contributed by atoms with Crippen molar-refractivity contribution in [2.75, 3.05) is 0 Å². The molecule has 0 fully saturated rings. The molecule has 2 rings (SSSR count). The van der Waals surface area contributed by atoms with E-state index < -0.39 is 12.0 Å². The molecular formula is C13H13NO4. The highest BCUT2D eigenvalue weighted by Gasteiger charge is 2.20. The first kappa shape index (κ1) is 12.2. The van der Waals surface area contributed by atoms with Gasteiger partial charge < -0.3 is 14.8 Å². The Kier molecular flexibility index (Phi) is 3.32. The summed E-state index contributed by atoms with van der Waals surface area (Å²) in [5.41, 5.74) is 1.36. The van der Waals surface area contributed by atoms with Crippen LogP contribution in [0.2, 0.25) is 0 Å². The minimum atomic E-state index is -0.973. The van der Waals surface area contributed by atoms with E-state index in [1.54, 1.807) is 6.07 Å². The lowest BCUT2D eigenvalue weighted by molar-refractivity contribution is -0.137. The van der Waals surface area contributed by atoms with Gasteiger partial charge in [0.1, 0.15) is 5.58 Å². The number of amides is 1. The number of carbonyl (C=O) groups is 2. The van der Waals surface area contributed by atoms with E-state index in [2.05, 4.69) is 5.32 Å². The Bertz CT molecular complexity index is 571. The fraction of sp³-hybridized carbons (Fsp3) is 0.231. The number of aliphatic carboxylic acids is 1. The van der Waals surface area contributed by atoms with Crippen molar-refractivity contribution in [1.82, 2.24) is 5.32 Å². The van der Waals surface area contributed by atoms with Gasteiger partial charge in [0.25, 0.3) is 0 Å². The zero-order valence-corrected chi connectivity index (χ0v) is 9.84. The Morgan fingerprint density at radius 3 is 2.78 bits per heavy atom. The predicted molar refractivity (Wildman–Crippen MR) is 65.0 cm³/mol. The lowest BCUT2D eigenvalue weighted by Crippen LogP contribution is -2.27. The van der Waals surface area contributed by atoms with Crippen molar-refractivity contribution >= 4 is 22.8 Å². The lowest BCUT2D eigenvalue weighted by Gasteiger charge is -2.14. The second-order valence-electron chi connectivity index (χ2n) is 4.04. The highest BCUT2D eigenvalue weighted by atomic mass is 16.4. The zero-order chi connectivity index (χ0) is 13.1. The molecule has 0 aliphatic carbocycles. The summed E-state index contributed by atoms with van der Waals surface area (Å²) < 4.78 is 5.35.